The van der Waals surface area contributed by atoms with Crippen molar-refractivity contribution in [3.8, 4) is 5.75 Å². The van der Waals surface area contributed by atoms with Crippen molar-refractivity contribution < 1.29 is 14.1 Å². The molecule has 6 nitrogen and oxygen atoms in total. The monoisotopic (exact) mass is 361 g/mol. The van der Waals surface area contributed by atoms with E-state index in [4.69, 9.17) is 16.3 Å². The van der Waals surface area contributed by atoms with Crippen LogP contribution < -0.4 is 4.74 Å². The molecule has 20 heavy (non-hydrogen) atoms. The number of aromatic nitrogens is 2. The number of halogens is 3. The number of nitrogens with zero attached hydrogens (tertiary/aromatic N) is 3. The van der Waals surface area contributed by atoms with E-state index in [9.17, 15) is 14.5 Å². The highest BCUT2D eigenvalue weighted by Crippen LogP contribution is 2.36. The zero-order valence-electron chi connectivity index (χ0n) is 9.72. The molecule has 1 aromatic heterocycles. The summed E-state index contributed by atoms with van der Waals surface area (Å²) in [5, 5.41) is 11.1. The SMILES string of the molecule is O=[N+]([O-])c1cc(F)cc(Br)c1OCc1cnc(Cl)cn1. The van der Waals surface area contributed by atoms with E-state index in [-0.39, 0.29) is 22.0 Å². The van der Waals surface area contributed by atoms with Gasteiger partial charge in [-0.15, -0.1) is 0 Å². The molecule has 0 atom stereocenters. The Kier molecular flexibility index (Phi) is 4.46. The van der Waals surface area contributed by atoms with E-state index < -0.39 is 16.4 Å². The first-order chi connectivity index (χ1) is 9.47. The molecular formula is C11H6BrClFN3O3. The average molecular weight is 363 g/mol. The van der Waals surface area contributed by atoms with Crippen LogP contribution in [0.5, 0.6) is 5.75 Å². The van der Waals surface area contributed by atoms with Crippen LogP contribution in [0.4, 0.5) is 10.1 Å². The number of benzene rings is 1. The number of nitro groups is 1. The van der Waals surface area contributed by atoms with Crippen molar-refractivity contribution in [1.82, 2.24) is 9.97 Å². The summed E-state index contributed by atoms with van der Waals surface area (Å²) < 4.78 is 18.6. The summed E-state index contributed by atoms with van der Waals surface area (Å²) in [5.41, 5.74) is -0.0429. The zero-order chi connectivity index (χ0) is 14.7. The van der Waals surface area contributed by atoms with Crippen molar-refractivity contribution in [3.05, 3.63) is 55.8 Å². The quantitative estimate of drug-likeness (QED) is 0.614. The fourth-order valence-electron chi connectivity index (χ4n) is 1.38. The lowest BCUT2D eigenvalue weighted by atomic mass is 10.3. The van der Waals surface area contributed by atoms with E-state index in [0.29, 0.717) is 5.69 Å². The van der Waals surface area contributed by atoms with E-state index in [1.165, 1.54) is 12.4 Å². The van der Waals surface area contributed by atoms with Crippen LogP contribution in [-0.2, 0) is 6.61 Å². The molecule has 104 valence electrons. The third-order valence-electron chi connectivity index (χ3n) is 2.22. The summed E-state index contributed by atoms with van der Waals surface area (Å²) in [7, 11) is 0. The van der Waals surface area contributed by atoms with Crippen molar-refractivity contribution in [2.24, 2.45) is 0 Å². The minimum Gasteiger partial charge on any atom is -0.479 e. The molecule has 2 aromatic rings. The maximum Gasteiger partial charge on any atom is 0.315 e. The summed E-state index contributed by atoms with van der Waals surface area (Å²) >= 11 is 8.61. The zero-order valence-corrected chi connectivity index (χ0v) is 12.1. The number of ether oxygens (including phenoxy) is 1. The predicted octanol–water partition coefficient (Wildman–Crippen LogP) is 3.52. The lowest BCUT2D eigenvalue weighted by Crippen LogP contribution is -2.02. The lowest BCUT2D eigenvalue weighted by Gasteiger charge is -2.08. The molecule has 0 radical (unpaired) electrons. The molecule has 0 aliphatic rings. The number of rotatable bonds is 4. The van der Waals surface area contributed by atoms with Crippen molar-refractivity contribution in [1.29, 1.82) is 0 Å². The second-order valence-electron chi connectivity index (χ2n) is 3.61. The molecule has 1 aromatic carbocycles. The Labute approximate surface area is 125 Å². The van der Waals surface area contributed by atoms with Crippen molar-refractivity contribution >= 4 is 33.2 Å². The first-order valence-electron chi connectivity index (χ1n) is 5.20. The Morgan fingerprint density at radius 1 is 1.40 bits per heavy atom. The Morgan fingerprint density at radius 2 is 2.15 bits per heavy atom. The van der Waals surface area contributed by atoms with Gasteiger partial charge >= 0.3 is 5.69 Å². The Balaban J connectivity index is 2.24. The van der Waals surface area contributed by atoms with Gasteiger partial charge in [0.2, 0.25) is 5.75 Å². The molecule has 2 rings (SSSR count). The molecule has 0 bridgehead atoms. The van der Waals surface area contributed by atoms with Gasteiger partial charge < -0.3 is 4.74 Å². The van der Waals surface area contributed by atoms with E-state index in [1.54, 1.807) is 0 Å². The third kappa shape index (κ3) is 3.40. The molecule has 0 aliphatic carbocycles. The van der Waals surface area contributed by atoms with E-state index >= 15 is 0 Å². The van der Waals surface area contributed by atoms with Crippen LogP contribution in [0, 0.1) is 15.9 Å². The standard InChI is InChI=1S/C11H6BrClFN3O3/c12-8-1-6(14)2-9(17(18)19)11(8)20-5-7-3-16-10(13)4-15-7/h1-4H,5H2. The Bertz CT molecular complexity index is 654. The van der Waals surface area contributed by atoms with Crippen molar-refractivity contribution in [2.75, 3.05) is 0 Å². The molecule has 0 unspecified atom stereocenters. The van der Waals surface area contributed by atoms with Gasteiger partial charge in [0.25, 0.3) is 0 Å². The minimum atomic E-state index is -0.734. The van der Waals surface area contributed by atoms with Crippen LogP contribution in [0.25, 0.3) is 0 Å². The third-order valence-corrected chi connectivity index (χ3v) is 3.01. The van der Waals surface area contributed by atoms with Crippen LogP contribution in [0.2, 0.25) is 5.15 Å². The summed E-state index contributed by atoms with van der Waals surface area (Å²) in [6.07, 6.45) is 2.71. The smallest absolute Gasteiger partial charge is 0.315 e. The second-order valence-corrected chi connectivity index (χ2v) is 4.85. The predicted molar refractivity (Wildman–Crippen MR) is 72.1 cm³/mol. The largest absolute Gasteiger partial charge is 0.479 e. The molecule has 1 heterocycles. The van der Waals surface area contributed by atoms with Gasteiger partial charge in [-0.25, -0.2) is 9.37 Å². The molecule has 0 saturated heterocycles. The van der Waals surface area contributed by atoms with Gasteiger partial charge in [-0.05, 0) is 22.0 Å². The first-order valence-corrected chi connectivity index (χ1v) is 6.37. The van der Waals surface area contributed by atoms with E-state index in [2.05, 4.69) is 25.9 Å². The van der Waals surface area contributed by atoms with Crippen LogP contribution in [0.3, 0.4) is 0 Å². The molecule has 9 heteroatoms. The number of hydrogen-bond acceptors (Lipinski definition) is 5. The highest BCUT2D eigenvalue weighted by Gasteiger charge is 2.20. The van der Waals surface area contributed by atoms with Crippen LogP contribution in [-0.4, -0.2) is 14.9 Å². The van der Waals surface area contributed by atoms with Crippen LogP contribution in [0.15, 0.2) is 29.0 Å². The summed E-state index contributed by atoms with van der Waals surface area (Å²) in [4.78, 5) is 17.9. The second kappa shape index (κ2) is 6.10. The van der Waals surface area contributed by atoms with Gasteiger partial charge in [0.15, 0.2) is 0 Å². The number of nitro benzene ring substituents is 1. The molecule has 0 saturated carbocycles. The summed E-state index contributed by atoms with van der Waals surface area (Å²) in [6, 6.07) is 1.86. The minimum absolute atomic E-state index is 0.0603. The Hall–Kier alpha value is -1.80. The van der Waals surface area contributed by atoms with Crippen molar-refractivity contribution in [3.63, 3.8) is 0 Å². The molecule has 0 N–H and O–H groups in total. The molecular weight excluding hydrogens is 356 g/mol. The Morgan fingerprint density at radius 3 is 2.75 bits per heavy atom. The van der Waals surface area contributed by atoms with Gasteiger partial charge in [0, 0.05) is 0 Å². The molecule has 0 aliphatic heterocycles. The summed E-state index contributed by atoms with van der Waals surface area (Å²) in [5.74, 6) is -0.810. The van der Waals surface area contributed by atoms with Gasteiger partial charge in [0.05, 0.1) is 33.6 Å². The molecule has 0 spiro atoms. The van der Waals surface area contributed by atoms with Gasteiger partial charge in [-0.2, -0.15) is 0 Å². The van der Waals surface area contributed by atoms with Crippen LogP contribution >= 0.6 is 27.5 Å². The van der Waals surface area contributed by atoms with Gasteiger partial charge in [-0.1, -0.05) is 11.6 Å². The topological polar surface area (TPSA) is 78.2 Å². The number of hydrogen-bond donors (Lipinski definition) is 0. The van der Waals surface area contributed by atoms with E-state index in [0.717, 1.165) is 12.1 Å². The molecule has 0 fully saturated rings. The van der Waals surface area contributed by atoms with Gasteiger partial charge in [-0.3, -0.25) is 15.1 Å². The van der Waals surface area contributed by atoms with Gasteiger partial charge in [0.1, 0.15) is 17.6 Å². The highest BCUT2D eigenvalue weighted by molar-refractivity contribution is 9.10. The fraction of sp³-hybridized carbons (Fsp3) is 0.0909. The molecule has 0 amide bonds. The summed E-state index contributed by atoms with van der Waals surface area (Å²) in [6.45, 7) is -0.0603. The first kappa shape index (κ1) is 14.6. The highest BCUT2D eigenvalue weighted by atomic mass is 79.9. The normalized spacial score (nSPS) is 10.3. The maximum absolute atomic E-state index is 13.1. The fourth-order valence-corrected chi connectivity index (χ4v) is 2.02. The average Bonchev–Trinajstić information content (AvgIpc) is 2.38. The van der Waals surface area contributed by atoms with Crippen molar-refractivity contribution in [2.45, 2.75) is 6.61 Å². The lowest BCUT2D eigenvalue weighted by molar-refractivity contribution is -0.386. The van der Waals surface area contributed by atoms with Crippen LogP contribution in [0.1, 0.15) is 5.69 Å². The van der Waals surface area contributed by atoms with E-state index in [1.807, 2.05) is 0 Å². The maximum atomic E-state index is 13.1.